The van der Waals surface area contributed by atoms with Gasteiger partial charge in [-0.25, -0.2) is 4.98 Å². The summed E-state index contributed by atoms with van der Waals surface area (Å²) in [6.07, 6.45) is 2.89. The number of imidazole rings is 1. The van der Waals surface area contributed by atoms with Crippen molar-refractivity contribution in [3.63, 3.8) is 0 Å². The molecule has 1 aromatic rings. The molecule has 0 radical (unpaired) electrons. The van der Waals surface area contributed by atoms with Crippen molar-refractivity contribution in [2.45, 2.75) is 19.1 Å². The standard InChI is InChI=1S/C8H11N3O3/c9-7(12)6-8(13)11(4-10-6)5-2-1-3-14-5/h4-5,13H,1-3H2,(H2,9,12). The molecule has 0 aromatic carbocycles. The molecule has 1 aromatic heterocycles. The third-order valence-corrected chi connectivity index (χ3v) is 2.22. The molecule has 6 heteroatoms. The lowest BCUT2D eigenvalue weighted by molar-refractivity contribution is 0.0508. The van der Waals surface area contributed by atoms with Crippen LogP contribution in [0, 0.1) is 0 Å². The van der Waals surface area contributed by atoms with E-state index in [0.29, 0.717) is 6.61 Å². The highest BCUT2D eigenvalue weighted by Gasteiger charge is 2.23. The zero-order chi connectivity index (χ0) is 10.1. The molecule has 0 spiro atoms. The van der Waals surface area contributed by atoms with E-state index in [-0.39, 0.29) is 17.8 Å². The summed E-state index contributed by atoms with van der Waals surface area (Å²) in [5, 5.41) is 9.58. The quantitative estimate of drug-likeness (QED) is 0.698. The van der Waals surface area contributed by atoms with Crippen molar-refractivity contribution in [1.29, 1.82) is 0 Å². The highest BCUT2D eigenvalue weighted by molar-refractivity contribution is 5.92. The van der Waals surface area contributed by atoms with Gasteiger partial charge >= 0.3 is 0 Å². The number of carbonyl (C=O) groups is 1. The lowest BCUT2D eigenvalue weighted by Crippen LogP contribution is -2.12. The van der Waals surface area contributed by atoms with Gasteiger partial charge < -0.3 is 15.6 Å². The van der Waals surface area contributed by atoms with E-state index < -0.39 is 5.91 Å². The second kappa shape index (κ2) is 3.30. The van der Waals surface area contributed by atoms with E-state index in [1.54, 1.807) is 0 Å². The fraction of sp³-hybridized carbons (Fsp3) is 0.500. The second-order valence-corrected chi connectivity index (χ2v) is 3.16. The third kappa shape index (κ3) is 1.33. The molecule has 1 aliphatic heterocycles. The predicted octanol–water partition coefficient (Wildman–Crippen LogP) is -0.00340. The summed E-state index contributed by atoms with van der Waals surface area (Å²) in [5.41, 5.74) is 4.90. The van der Waals surface area contributed by atoms with Crippen molar-refractivity contribution in [1.82, 2.24) is 9.55 Å². The molecular weight excluding hydrogens is 186 g/mol. The normalized spacial score (nSPS) is 21.3. The van der Waals surface area contributed by atoms with Gasteiger partial charge in [0.2, 0.25) is 5.88 Å². The number of carbonyl (C=O) groups excluding carboxylic acids is 1. The first-order chi connectivity index (χ1) is 6.70. The van der Waals surface area contributed by atoms with Crippen LogP contribution < -0.4 is 5.73 Å². The van der Waals surface area contributed by atoms with Gasteiger partial charge in [-0.2, -0.15) is 0 Å². The summed E-state index contributed by atoms with van der Waals surface area (Å²) < 4.78 is 6.75. The Bertz CT molecular complexity index is 355. The lowest BCUT2D eigenvalue weighted by Gasteiger charge is -2.11. The minimum atomic E-state index is -0.737. The smallest absolute Gasteiger partial charge is 0.272 e. The molecule has 1 unspecified atom stereocenters. The highest BCUT2D eigenvalue weighted by Crippen LogP contribution is 2.28. The Morgan fingerprint density at radius 1 is 1.79 bits per heavy atom. The molecule has 0 saturated carbocycles. The van der Waals surface area contributed by atoms with Gasteiger partial charge in [-0.15, -0.1) is 0 Å². The molecule has 14 heavy (non-hydrogen) atoms. The summed E-state index contributed by atoms with van der Waals surface area (Å²) >= 11 is 0. The molecule has 1 amide bonds. The molecule has 1 saturated heterocycles. The molecular formula is C8H11N3O3. The number of aromatic hydroxyl groups is 1. The summed E-state index contributed by atoms with van der Waals surface area (Å²) in [6.45, 7) is 0.661. The van der Waals surface area contributed by atoms with Gasteiger partial charge in [0.25, 0.3) is 5.91 Å². The van der Waals surface area contributed by atoms with Crippen LogP contribution in [0.5, 0.6) is 5.88 Å². The van der Waals surface area contributed by atoms with Crippen LogP contribution in [0.2, 0.25) is 0 Å². The molecule has 1 fully saturated rings. The summed E-state index contributed by atoms with van der Waals surface area (Å²) in [7, 11) is 0. The monoisotopic (exact) mass is 197 g/mol. The van der Waals surface area contributed by atoms with Crippen molar-refractivity contribution in [3.8, 4) is 5.88 Å². The Morgan fingerprint density at radius 2 is 2.57 bits per heavy atom. The van der Waals surface area contributed by atoms with Crippen LogP contribution in [0.4, 0.5) is 0 Å². The van der Waals surface area contributed by atoms with Crippen LogP contribution in [0.25, 0.3) is 0 Å². The Labute approximate surface area is 80.3 Å². The van der Waals surface area contributed by atoms with E-state index in [4.69, 9.17) is 10.5 Å². The first-order valence-electron chi connectivity index (χ1n) is 4.37. The number of rotatable bonds is 2. The van der Waals surface area contributed by atoms with Crippen molar-refractivity contribution in [3.05, 3.63) is 12.0 Å². The number of hydrogen-bond donors (Lipinski definition) is 2. The van der Waals surface area contributed by atoms with Crippen LogP contribution in [-0.4, -0.2) is 27.2 Å². The molecule has 2 heterocycles. The van der Waals surface area contributed by atoms with E-state index in [1.807, 2.05) is 0 Å². The number of aromatic nitrogens is 2. The number of amides is 1. The summed E-state index contributed by atoms with van der Waals surface area (Å²) in [6, 6.07) is 0. The third-order valence-electron chi connectivity index (χ3n) is 2.22. The maximum Gasteiger partial charge on any atom is 0.272 e. The Morgan fingerprint density at radius 3 is 3.07 bits per heavy atom. The maximum atomic E-state index is 10.8. The minimum absolute atomic E-state index is 0.111. The van der Waals surface area contributed by atoms with Gasteiger partial charge in [0, 0.05) is 6.61 Å². The molecule has 3 N–H and O–H groups in total. The fourth-order valence-corrected chi connectivity index (χ4v) is 1.52. The van der Waals surface area contributed by atoms with E-state index >= 15 is 0 Å². The average Bonchev–Trinajstić information content (AvgIpc) is 2.71. The van der Waals surface area contributed by atoms with E-state index in [2.05, 4.69) is 4.98 Å². The largest absolute Gasteiger partial charge is 0.493 e. The highest BCUT2D eigenvalue weighted by atomic mass is 16.5. The van der Waals surface area contributed by atoms with Gasteiger partial charge in [0.05, 0.1) is 0 Å². The maximum absolute atomic E-state index is 10.8. The molecule has 0 bridgehead atoms. The van der Waals surface area contributed by atoms with Crippen LogP contribution in [0.3, 0.4) is 0 Å². The Balaban J connectivity index is 2.30. The van der Waals surface area contributed by atoms with Crippen molar-refractivity contribution in [2.24, 2.45) is 5.73 Å². The predicted molar refractivity (Wildman–Crippen MR) is 46.6 cm³/mol. The van der Waals surface area contributed by atoms with Gasteiger partial charge in [-0.3, -0.25) is 9.36 Å². The molecule has 0 aliphatic carbocycles. The molecule has 2 rings (SSSR count). The number of hydrogen-bond acceptors (Lipinski definition) is 4. The van der Waals surface area contributed by atoms with Crippen molar-refractivity contribution in [2.75, 3.05) is 6.61 Å². The summed E-state index contributed by atoms with van der Waals surface area (Å²) in [5.74, 6) is -0.955. The lowest BCUT2D eigenvalue weighted by atomic mass is 10.3. The van der Waals surface area contributed by atoms with Gasteiger partial charge in [0.1, 0.15) is 12.6 Å². The Kier molecular flexibility index (Phi) is 2.12. The topological polar surface area (TPSA) is 90.4 Å². The SMILES string of the molecule is NC(=O)c1ncn(C2CCCO2)c1O. The van der Waals surface area contributed by atoms with Gasteiger partial charge in [-0.05, 0) is 12.8 Å². The molecule has 6 nitrogen and oxygen atoms in total. The van der Waals surface area contributed by atoms with Crippen molar-refractivity contribution >= 4 is 5.91 Å². The summed E-state index contributed by atoms with van der Waals surface area (Å²) in [4.78, 5) is 14.5. The number of ether oxygens (including phenoxy) is 1. The second-order valence-electron chi connectivity index (χ2n) is 3.16. The number of nitrogens with zero attached hydrogens (tertiary/aromatic N) is 2. The van der Waals surface area contributed by atoms with Crippen LogP contribution in [-0.2, 0) is 4.74 Å². The first kappa shape index (κ1) is 9.01. The molecule has 76 valence electrons. The fourth-order valence-electron chi connectivity index (χ4n) is 1.52. The van der Waals surface area contributed by atoms with Crippen molar-refractivity contribution < 1.29 is 14.6 Å². The Hall–Kier alpha value is -1.56. The van der Waals surface area contributed by atoms with E-state index in [9.17, 15) is 9.90 Å². The molecule has 1 atom stereocenters. The average molecular weight is 197 g/mol. The van der Waals surface area contributed by atoms with Crippen LogP contribution in [0.15, 0.2) is 6.33 Å². The van der Waals surface area contributed by atoms with Gasteiger partial charge in [0.15, 0.2) is 5.69 Å². The molecule has 1 aliphatic rings. The van der Waals surface area contributed by atoms with Crippen LogP contribution in [0.1, 0.15) is 29.6 Å². The first-order valence-corrected chi connectivity index (χ1v) is 4.37. The zero-order valence-electron chi connectivity index (χ0n) is 7.51. The number of nitrogens with two attached hydrogens (primary N) is 1. The van der Waals surface area contributed by atoms with E-state index in [1.165, 1.54) is 10.9 Å². The zero-order valence-corrected chi connectivity index (χ0v) is 7.51. The van der Waals surface area contributed by atoms with Crippen LogP contribution >= 0.6 is 0 Å². The van der Waals surface area contributed by atoms with Gasteiger partial charge in [-0.1, -0.05) is 0 Å². The number of primary amides is 1. The van der Waals surface area contributed by atoms with E-state index in [0.717, 1.165) is 12.8 Å². The minimum Gasteiger partial charge on any atom is -0.493 e.